The van der Waals surface area contributed by atoms with Gasteiger partial charge in [0.15, 0.2) is 0 Å². The molecule has 0 bridgehead atoms. The van der Waals surface area contributed by atoms with Crippen molar-refractivity contribution in [2.24, 2.45) is 0 Å². The van der Waals surface area contributed by atoms with Crippen molar-refractivity contribution in [3.8, 4) is 0 Å². The van der Waals surface area contributed by atoms with Crippen LogP contribution in [0.15, 0.2) is 52.2 Å². The molecule has 2 aromatic carbocycles. The first kappa shape index (κ1) is 21.1. The predicted molar refractivity (Wildman–Crippen MR) is 115 cm³/mol. The largest absolute Gasteiger partial charge is 0.338 e. The molecule has 0 spiro atoms. The van der Waals surface area contributed by atoms with E-state index in [1.807, 2.05) is 13.8 Å². The Morgan fingerprint density at radius 1 is 1.00 bits per heavy atom. The van der Waals surface area contributed by atoms with Gasteiger partial charge >= 0.3 is 0 Å². The third kappa shape index (κ3) is 4.08. The Morgan fingerprint density at radius 2 is 1.71 bits per heavy atom. The molecule has 0 unspecified atom stereocenters. The first-order valence-corrected chi connectivity index (χ1v) is 11.4. The molecule has 4 rings (SSSR count). The van der Waals surface area contributed by atoms with Crippen molar-refractivity contribution in [2.75, 3.05) is 26.2 Å². The molecule has 1 fully saturated rings. The summed E-state index contributed by atoms with van der Waals surface area (Å²) in [6.45, 7) is 4.46. The Balaban J connectivity index is 1.44. The van der Waals surface area contributed by atoms with E-state index in [1.54, 1.807) is 47.4 Å². The zero-order valence-electron chi connectivity index (χ0n) is 17.4. The highest BCUT2D eigenvalue weighted by Crippen LogP contribution is 2.20. The highest BCUT2D eigenvalue weighted by atomic mass is 32.2. The van der Waals surface area contributed by atoms with E-state index in [-0.39, 0.29) is 49.1 Å². The quantitative estimate of drug-likeness (QED) is 0.597. The molecule has 31 heavy (non-hydrogen) atoms. The Morgan fingerprint density at radius 3 is 2.42 bits per heavy atom. The SMILES string of the molecule is Cc1ccc(S(=O)(=O)N2CCN(C(=O)Cn3nnc4ccccc4c3=O)CC2)cc1C. The van der Waals surface area contributed by atoms with Gasteiger partial charge in [0.25, 0.3) is 5.56 Å². The van der Waals surface area contributed by atoms with Crippen LogP contribution >= 0.6 is 0 Å². The average Bonchev–Trinajstić information content (AvgIpc) is 2.77. The Hall–Kier alpha value is -3.11. The Kier molecular flexibility index (Phi) is 5.59. The number of aromatic nitrogens is 3. The monoisotopic (exact) mass is 441 g/mol. The van der Waals surface area contributed by atoms with Gasteiger partial charge in [-0.2, -0.15) is 4.31 Å². The number of hydrogen-bond donors (Lipinski definition) is 0. The van der Waals surface area contributed by atoms with E-state index < -0.39 is 10.0 Å². The average molecular weight is 442 g/mol. The van der Waals surface area contributed by atoms with Gasteiger partial charge in [-0.3, -0.25) is 9.59 Å². The number of rotatable bonds is 4. The normalized spacial score (nSPS) is 15.4. The van der Waals surface area contributed by atoms with E-state index in [0.717, 1.165) is 15.8 Å². The van der Waals surface area contributed by atoms with Crippen LogP contribution in [0.5, 0.6) is 0 Å². The number of carbonyl (C=O) groups excluding carboxylic acids is 1. The molecular weight excluding hydrogens is 418 g/mol. The first-order valence-electron chi connectivity index (χ1n) is 9.95. The number of hydrogen-bond acceptors (Lipinski definition) is 6. The number of carbonyl (C=O) groups is 1. The van der Waals surface area contributed by atoms with Gasteiger partial charge in [0.05, 0.1) is 10.3 Å². The second-order valence-corrected chi connectivity index (χ2v) is 9.54. The Bertz CT molecular complexity index is 1310. The van der Waals surface area contributed by atoms with Crippen LogP contribution in [-0.4, -0.2) is 64.7 Å². The van der Waals surface area contributed by atoms with Crippen LogP contribution in [0.2, 0.25) is 0 Å². The highest BCUT2D eigenvalue weighted by Gasteiger charge is 2.30. The van der Waals surface area contributed by atoms with Crippen LogP contribution in [0.4, 0.5) is 0 Å². The molecule has 0 radical (unpaired) electrons. The van der Waals surface area contributed by atoms with Crippen molar-refractivity contribution in [3.63, 3.8) is 0 Å². The summed E-state index contributed by atoms with van der Waals surface area (Å²) in [5.74, 6) is -0.296. The van der Waals surface area contributed by atoms with E-state index in [0.29, 0.717) is 10.9 Å². The fraction of sp³-hybridized carbons (Fsp3) is 0.333. The minimum Gasteiger partial charge on any atom is -0.338 e. The topological polar surface area (TPSA) is 105 Å². The van der Waals surface area contributed by atoms with Crippen LogP contribution in [0.1, 0.15) is 11.1 Å². The zero-order valence-corrected chi connectivity index (χ0v) is 18.2. The van der Waals surface area contributed by atoms with Gasteiger partial charge in [-0.25, -0.2) is 13.1 Å². The predicted octanol–water partition coefficient (Wildman–Crippen LogP) is 0.941. The summed E-state index contributed by atoms with van der Waals surface area (Å²) in [6.07, 6.45) is 0. The van der Waals surface area contributed by atoms with Gasteiger partial charge in [0, 0.05) is 26.2 Å². The minimum absolute atomic E-state index is 0.194. The molecule has 1 amide bonds. The third-order valence-corrected chi connectivity index (χ3v) is 7.52. The maximum Gasteiger partial charge on any atom is 0.278 e. The molecule has 10 heteroatoms. The van der Waals surface area contributed by atoms with E-state index in [2.05, 4.69) is 10.3 Å². The summed E-state index contributed by atoms with van der Waals surface area (Å²) in [5, 5.41) is 8.23. The molecular formula is C21H23N5O4S. The second kappa shape index (κ2) is 8.20. The van der Waals surface area contributed by atoms with Crippen molar-refractivity contribution in [2.45, 2.75) is 25.3 Å². The van der Waals surface area contributed by atoms with Gasteiger partial charge in [0.1, 0.15) is 12.1 Å². The molecule has 0 N–H and O–H groups in total. The summed E-state index contributed by atoms with van der Waals surface area (Å²) >= 11 is 0. The fourth-order valence-corrected chi connectivity index (χ4v) is 5.06. The van der Waals surface area contributed by atoms with E-state index in [9.17, 15) is 18.0 Å². The summed E-state index contributed by atoms with van der Waals surface area (Å²) in [4.78, 5) is 27.0. The van der Waals surface area contributed by atoms with Crippen molar-refractivity contribution in [3.05, 3.63) is 63.9 Å². The number of benzene rings is 2. The molecule has 3 aromatic rings. The first-order chi connectivity index (χ1) is 14.8. The molecule has 1 aliphatic heterocycles. The molecule has 0 aliphatic carbocycles. The number of piperazine rings is 1. The number of fused-ring (bicyclic) bond motifs is 1. The fourth-order valence-electron chi connectivity index (χ4n) is 3.56. The van der Waals surface area contributed by atoms with Crippen LogP contribution in [0.25, 0.3) is 10.9 Å². The summed E-state index contributed by atoms with van der Waals surface area (Å²) < 4.78 is 28.3. The molecule has 1 saturated heterocycles. The van der Waals surface area contributed by atoms with Crippen molar-refractivity contribution >= 4 is 26.8 Å². The Labute approximate surface area is 179 Å². The van der Waals surface area contributed by atoms with Gasteiger partial charge in [-0.1, -0.05) is 23.4 Å². The molecule has 1 aromatic heterocycles. The standard InChI is InChI=1S/C21H23N5O4S/c1-15-7-8-17(13-16(15)2)31(29,30)25-11-9-24(10-12-25)20(27)14-26-21(28)18-5-3-4-6-19(18)22-23-26/h3-8,13H,9-12,14H2,1-2H3. The smallest absolute Gasteiger partial charge is 0.278 e. The lowest BCUT2D eigenvalue weighted by molar-refractivity contribution is -0.133. The van der Waals surface area contributed by atoms with E-state index >= 15 is 0 Å². The molecule has 1 aliphatic rings. The lowest BCUT2D eigenvalue weighted by atomic mass is 10.1. The van der Waals surface area contributed by atoms with Gasteiger partial charge < -0.3 is 4.90 Å². The van der Waals surface area contributed by atoms with Crippen LogP contribution in [0.3, 0.4) is 0 Å². The number of sulfonamides is 1. The van der Waals surface area contributed by atoms with Crippen molar-refractivity contribution in [1.82, 2.24) is 24.2 Å². The maximum absolute atomic E-state index is 12.9. The van der Waals surface area contributed by atoms with Crippen molar-refractivity contribution < 1.29 is 13.2 Å². The number of aryl methyl sites for hydroxylation is 2. The highest BCUT2D eigenvalue weighted by molar-refractivity contribution is 7.89. The van der Waals surface area contributed by atoms with Crippen LogP contribution < -0.4 is 5.56 Å². The molecule has 2 heterocycles. The molecule has 9 nitrogen and oxygen atoms in total. The van der Waals surface area contributed by atoms with Gasteiger partial charge in [-0.15, -0.1) is 5.10 Å². The minimum atomic E-state index is -3.62. The summed E-state index contributed by atoms with van der Waals surface area (Å²) in [7, 11) is -3.62. The molecule has 162 valence electrons. The van der Waals surface area contributed by atoms with Crippen LogP contribution in [-0.2, 0) is 21.4 Å². The summed E-state index contributed by atoms with van der Waals surface area (Å²) in [6, 6.07) is 11.9. The van der Waals surface area contributed by atoms with Crippen LogP contribution in [0, 0.1) is 13.8 Å². The van der Waals surface area contributed by atoms with Gasteiger partial charge in [-0.05, 0) is 49.2 Å². The van der Waals surface area contributed by atoms with Crippen molar-refractivity contribution in [1.29, 1.82) is 0 Å². The second-order valence-electron chi connectivity index (χ2n) is 7.60. The maximum atomic E-state index is 12.9. The van der Waals surface area contributed by atoms with E-state index in [1.165, 1.54) is 4.31 Å². The van der Waals surface area contributed by atoms with E-state index in [4.69, 9.17) is 0 Å². The lowest BCUT2D eigenvalue weighted by Gasteiger charge is -2.34. The third-order valence-electron chi connectivity index (χ3n) is 5.62. The molecule has 0 saturated carbocycles. The summed E-state index contributed by atoms with van der Waals surface area (Å²) in [5.41, 5.74) is 2.04. The molecule has 0 atom stereocenters. The number of nitrogens with zero attached hydrogens (tertiary/aromatic N) is 5. The van der Waals surface area contributed by atoms with Gasteiger partial charge in [0.2, 0.25) is 15.9 Å². The zero-order chi connectivity index (χ0) is 22.2. The number of amides is 1. The lowest BCUT2D eigenvalue weighted by Crippen LogP contribution is -2.51.